The molecule has 5 nitrogen and oxygen atoms in total. The topological polar surface area (TPSA) is 54.3 Å². The van der Waals surface area contributed by atoms with E-state index >= 15 is 0 Å². The zero-order valence-electron chi connectivity index (χ0n) is 16.4. The Kier molecular flexibility index (Phi) is 4.92. The average Bonchev–Trinajstić information content (AvgIpc) is 3.25. The molecule has 29 heavy (non-hydrogen) atoms. The van der Waals surface area contributed by atoms with Crippen LogP contribution in [0.3, 0.4) is 0 Å². The molecule has 2 heterocycles. The molecule has 0 saturated carbocycles. The molecular weight excluding hydrogens is 369 g/mol. The monoisotopic (exact) mass is 391 g/mol. The molecule has 2 amide bonds. The third-order valence-electron chi connectivity index (χ3n) is 5.30. The highest BCUT2D eigenvalue weighted by atomic mass is 19.1. The van der Waals surface area contributed by atoms with Gasteiger partial charge in [-0.25, -0.2) is 4.39 Å². The van der Waals surface area contributed by atoms with Gasteiger partial charge in [0.1, 0.15) is 5.82 Å². The lowest BCUT2D eigenvalue weighted by Crippen LogP contribution is -2.28. The lowest BCUT2D eigenvalue weighted by Gasteiger charge is -2.17. The van der Waals surface area contributed by atoms with Crippen LogP contribution < -0.4 is 10.2 Å². The maximum atomic E-state index is 13.1. The lowest BCUT2D eigenvalue weighted by molar-refractivity contribution is -0.122. The summed E-state index contributed by atoms with van der Waals surface area (Å²) in [5.74, 6) is -1.13. The van der Waals surface area contributed by atoms with Crippen molar-refractivity contribution in [3.8, 4) is 5.69 Å². The van der Waals surface area contributed by atoms with Crippen LogP contribution in [-0.4, -0.2) is 22.9 Å². The molecule has 1 aliphatic heterocycles. The van der Waals surface area contributed by atoms with Crippen LogP contribution in [0.15, 0.2) is 60.7 Å². The third-order valence-corrected chi connectivity index (χ3v) is 5.30. The second kappa shape index (κ2) is 7.54. The molecule has 6 heteroatoms. The Bertz CT molecular complexity index is 1040. The minimum Gasteiger partial charge on any atom is -0.326 e. The number of benzene rings is 2. The van der Waals surface area contributed by atoms with E-state index < -0.39 is 5.92 Å². The van der Waals surface area contributed by atoms with Gasteiger partial charge in [0, 0.05) is 41.4 Å². The quantitative estimate of drug-likeness (QED) is 0.724. The number of rotatable bonds is 4. The molecule has 2 aromatic carbocycles. The predicted octanol–water partition coefficient (Wildman–Crippen LogP) is 4.22. The van der Waals surface area contributed by atoms with Gasteiger partial charge in [-0.1, -0.05) is 0 Å². The number of amides is 2. The zero-order chi connectivity index (χ0) is 20.5. The molecule has 0 bridgehead atoms. The van der Waals surface area contributed by atoms with Crippen molar-refractivity contribution in [2.45, 2.75) is 20.3 Å². The number of aromatic nitrogens is 1. The van der Waals surface area contributed by atoms with Gasteiger partial charge in [-0.3, -0.25) is 9.59 Å². The molecule has 3 aromatic rings. The van der Waals surface area contributed by atoms with Gasteiger partial charge in [-0.2, -0.15) is 0 Å². The van der Waals surface area contributed by atoms with Crippen LogP contribution in [0.4, 0.5) is 15.8 Å². The normalized spacial score (nSPS) is 16.3. The van der Waals surface area contributed by atoms with E-state index in [1.807, 2.05) is 38.1 Å². The van der Waals surface area contributed by atoms with Gasteiger partial charge in [-0.05, 0) is 74.5 Å². The van der Waals surface area contributed by atoms with Crippen molar-refractivity contribution in [2.24, 2.45) is 5.92 Å². The van der Waals surface area contributed by atoms with E-state index in [4.69, 9.17) is 0 Å². The number of carbonyl (C=O) groups is 2. The van der Waals surface area contributed by atoms with Crippen molar-refractivity contribution >= 4 is 23.2 Å². The highest BCUT2D eigenvalue weighted by molar-refractivity contribution is 6.03. The van der Waals surface area contributed by atoms with Gasteiger partial charge in [-0.15, -0.1) is 0 Å². The van der Waals surface area contributed by atoms with E-state index in [1.54, 1.807) is 12.1 Å². The number of hydrogen-bond donors (Lipinski definition) is 1. The first kappa shape index (κ1) is 18.9. The van der Waals surface area contributed by atoms with Crippen LogP contribution in [0, 0.1) is 25.6 Å². The van der Waals surface area contributed by atoms with Crippen molar-refractivity contribution in [1.29, 1.82) is 0 Å². The minimum atomic E-state index is -0.443. The summed E-state index contributed by atoms with van der Waals surface area (Å²) >= 11 is 0. The summed E-state index contributed by atoms with van der Waals surface area (Å²) in [6.45, 7) is 4.38. The molecule has 1 aromatic heterocycles. The predicted molar refractivity (Wildman–Crippen MR) is 111 cm³/mol. The van der Waals surface area contributed by atoms with E-state index in [1.165, 1.54) is 17.0 Å². The maximum absolute atomic E-state index is 13.1. The molecule has 1 N–H and O–H groups in total. The largest absolute Gasteiger partial charge is 0.326 e. The summed E-state index contributed by atoms with van der Waals surface area (Å²) in [4.78, 5) is 26.5. The van der Waals surface area contributed by atoms with Crippen molar-refractivity contribution in [2.75, 3.05) is 16.8 Å². The minimum absolute atomic E-state index is 0.134. The number of hydrogen-bond acceptors (Lipinski definition) is 2. The molecule has 148 valence electrons. The molecule has 4 rings (SSSR count). The first-order chi connectivity index (χ1) is 13.9. The Balaban J connectivity index is 1.43. The van der Waals surface area contributed by atoms with Crippen molar-refractivity contribution in [1.82, 2.24) is 4.57 Å². The number of nitrogens with zero attached hydrogens (tertiary/aromatic N) is 2. The molecule has 1 aliphatic rings. The summed E-state index contributed by atoms with van der Waals surface area (Å²) < 4.78 is 15.3. The lowest BCUT2D eigenvalue weighted by atomic mass is 10.1. The van der Waals surface area contributed by atoms with Crippen LogP contribution in [-0.2, 0) is 9.59 Å². The van der Waals surface area contributed by atoms with Gasteiger partial charge >= 0.3 is 0 Å². The molecule has 0 unspecified atom stereocenters. The van der Waals surface area contributed by atoms with Gasteiger partial charge in [0.05, 0.1) is 5.92 Å². The summed E-state index contributed by atoms with van der Waals surface area (Å²) in [5.41, 5.74) is 4.61. The van der Waals surface area contributed by atoms with Crippen LogP contribution >= 0.6 is 0 Å². The maximum Gasteiger partial charge on any atom is 0.229 e. The van der Waals surface area contributed by atoms with Crippen molar-refractivity contribution in [3.63, 3.8) is 0 Å². The summed E-state index contributed by atoms with van der Waals surface area (Å²) in [6, 6.07) is 17.5. The summed E-state index contributed by atoms with van der Waals surface area (Å²) in [6.07, 6.45) is 0.142. The molecule has 0 radical (unpaired) electrons. The van der Waals surface area contributed by atoms with Crippen LogP contribution in [0.25, 0.3) is 5.69 Å². The number of aryl methyl sites for hydroxylation is 2. The standard InChI is InChI=1S/C23H22FN3O2/c1-15-3-4-16(2)27(15)21-11-7-19(8-12-21)25-23(29)17-13-22(28)26(14-17)20-9-5-18(24)6-10-20/h3-12,17H,13-14H2,1-2H3,(H,25,29)/t17-/m0/s1. The molecule has 1 atom stereocenters. The Hall–Kier alpha value is -3.41. The first-order valence-electron chi connectivity index (χ1n) is 9.54. The van der Waals surface area contributed by atoms with Gasteiger partial charge < -0.3 is 14.8 Å². The number of anilines is 2. The van der Waals surface area contributed by atoms with Crippen molar-refractivity contribution in [3.05, 3.63) is 77.9 Å². The zero-order valence-corrected chi connectivity index (χ0v) is 16.4. The second-order valence-electron chi connectivity index (χ2n) is 7.37. The van der Waals surface area contributed by atoms with Crippen LogP contribution in [0.5, 0.6) is 0 Å². The number of nitrogens with one attached hydrogen (secondary N) is 1. The second-order valence-corrected chi connectivity index (χ2v) is 7.37. The van der Waals surface area contributed by atoms with E-state index in [0.29, 0.717) is 11.4 Å². The Morgan fingerprint density at radius 1 is 0.931 bits per heavy atom. The summed E-state index contributed by atoms with van der Waals surface area (Å²) in [7, 11) is 0. The van der Waals surface area contributed by atoms with E-state index in [2.05, 4.69) is 22.0 Å². The van der Waals surface area contributed by atoms with Crippen LogP contribution in [0.1, 0.15) is 17.8 Å². The van der Waals surface area contributed by atoms with Gasteiger partial charge in [0.15, 0.2) is 0 Å². The average molecular weight is 391 g/mol. The number of carbonyl (C=O) groups excluding carboxylic acids is 2. The van der Waals surface area contributed by atoms with E-state index in [-0.39, 0.29) is 30.6 Å². The third kappa shape index (κ3) is 3.78. The Morgan fingerprint density at radius 3 is 2.14 bits per heavy atom. The fourth-order valence-corrected chi connectivity index (χ4v) is 3.77. The van der Waals surface area contributed by atoms with Gasteiger partial charge in [0.25, 0.3) is 0 Å². The number of halogens is 1. The molecular formula is C23H22FN3O2. The highest BCUT2D eigenvalue weighted by Crippen LogP contribution is 2.26. The highest BCUT2D eigenvalue weighted by Gasteiger charge is 2.35. The summed E-state index contributed by atoms with van der Waals surface area (Å²) in [5, 5.41) is 2.90. The van der Waals surface area contributed by atoms with Crippen molar-refractivity contribution < 1.29 is 14.0 Å². The Labute approximate surface area is 168 Å². The molecule has 0 aliphatic carbocycles. The van der Waals surface area contributed by atoms with Crippen LogP contribution in [0.2, 0.25) is 0 Å². The molecule has 1 fully saturated rings. The Morgan fingerprint density at radius 2 is 1.52 bits per heavy atom. The van der Waals surface area contributed by atoms with Gasteiger partial charge in [0.2, 0.25) is 11.8 Å². The molecule has 1 saturated heterocycles. The molecule has 0 spiro atoms. The van der Waals surface area contributed by atoms with E-state index in [0.717, 1.165) is 17.1 Å². The smallest absolute Gasteiger partial charge is 0.229 e. The van der Waals surface area contributed by atoms with E-state index in [9.17, 15) is 14.0 Å². The fraction of sp³-hybridized carbons (Fsp3) is 0.217. The fourth-order valence-electron chi connectivity index (χ4n) is 3.77. The first-order valence-corrected chi connectivity index (χ1v) is 9.54. The SMILES string of the molecule is Cc1ccc(C)n1-c1ccc(NC(=O)[C@H]2CC(=O)N(c3ccc(F)cc3)C2)cc1.